The van der Waals surface area contributed by atoms with E-state index in [1.165, 1.54) is 45.2 Å². The van der Waals surface area contributed by atoms with Crippen molar-refractivity contribution in [2.45, 2.75) is 95.7 Å². The molecule has 0 aliphatic carbocycles. The van der Waals surface area contributed by atoms with Gasteiger partial charge in [-0.05, 0) is 66.3 Å². The molecule has 3 unspecified atom stereocenters. The topological polar surface area (TPSA) is 24.1 Å². The Morgan fingerprint density at radius 2 is 1.41 bits per heavy atom. The minimum atomic E-state index is -1.38. The summed E-state index contributed by atoms with van der Waals surface area (Å²) >= 11 is 0. The molecule has 0 amide bonds. The second kappa shape index (κ2) is 13.3. The Balaban J connectivity index is 0.000000716. The van der Waals surface area contributed by atoms with Crippen LogP contribution in [0.1, 0.15) is 65.5 Å². The fourth-order valence-electron chi connectivity index (χ4n) is 6.39. The molecular formula is C31H54FeN2P2Si. The van der Waals surface area contributed by atoms with Crippen LogP contribution in [0.5, 0.6) is 0 Å². The van der Waals surface area contributed by atoms with E-state index >= 15 is 0 Å². The van der Waals surface area contributed by atoms with Gasteiger partial charge in [0.15, 0.2) is 0 Å². The van der Waals surface area contributed by atoms with E-state index in [1.54, 1.807) is 16.3 Å². The first-order valence-electron chi connectivity index (χ1n) is 14.1. The van der Waals surface area contributed by atoms with Gasteiger partial charge in [0, 0.05) is 0 Å². The Labute approximate surface area is 244 Å². The number of nitrogens with one attached hydrogen (secondary N) is 2. The summed E-state index contributed by atoms with van der Waals surface area (Å²) in [4.78, 5) is 0. The fourth-order valence-corrected chi connectivity index (χ4v) is 12.0. The van der Waals surface area contributed by atoms with Gasteiger partial charge in [0.2, 0.25) is 0 Å². The first-order chi connectivity index (χ1) is 16.6. The maximum absolute atomic E-state index is 3.70. The molecule has 0 spiro atoms. The van der Waals surface area contributed by atoms with E-state index in [0.717, 1.165) is 0 Å². The van der Waals surface area contributed by atoms with Crippen molar-refractivity contribution in [2.24, 2.45) is 11.8 Å². The van der Waals surface area contributed by atoms with Crippen LogP contribution in [0.4, 0.5) is 0 Å². The van der Waals surface area contributed by atoms with Crippen LogP contribution < -0.4 is 15.8 Å². The quantitative estimate of drug-likeness (QED) is 0.208. The van der Waals surface area contributed by atoms with E-state index in [1.807, 2.05) is 30.3 Å². The molecule has 210 valence electrons. The molecule has 2 N–H and O–H groups in total. The van der Waals surface area contributed by atoms with Crippen LogP contribution in [0.2, 0.25) is 19.6 Å². The second-order valence-corrected chi connectivity index (χ2v) is 24.0. The first kappa shape index (κ1) is 33.4. The summed E-state index contributed by atoms with van der Waals surface area (Å²) in [7, 11) is 1.94. The molecule has 3 atom stereocenters. The molecule has 0 aromatic heterocycles. The number of hydrogen-bond acceptors (Lipinski definition) is 2. The predicted octanol–water partition coefficient (Wildman–Crippen LogP) is 7.22. The van der Waals surface area contributed by atoms with Crippen molar-refractivity contribution in [2.75, 3.05) is 26.2 Å². The largest absolute Gasteiger partial charge is 2.00 e. The molecule has 4 rings (SSSR count). The fraction of sp³-hybridized carbons (Fsp3) is 0.677. The summed E-state index contributed by atoms with van der Waals surface area (Å²) in [6.07, 6.45) is 3.87. The molecule has 2 aliphatic rings. The first-order valence-corrected chi connectivity index (χ1v) is 19.7. The Morgan fingerprint density at radius 1 is 0.919 bits per heavy atom. The average molecular weight is 601 g/mol. The third kappa shape index (κ3) is 8.36. The van der Waals surface area contributed by atoms with Crippen LogP contribution in [0.3, 0.4) is 0 Å². The summed E-state index contributed by atoms with van der Waals surface area (Å²) in [6.45, 7) is 27.1. The third-order valence-electron chi connectivity index (χ3n) is 8.28. The summed E-state index contributed by atoms with van der Waals surface area (Å²) in [5, 5.41) is 9.96. The van der Waals surface area contributed by atoms with Crippen LogP contribution in [0, 0.1) is 11.8 Å². The zero-order chi connectivity index (χ0) is 26.8. The van der Waals surface area contributed by atoms with Crippen molar-refractivity contribution in [3.8, 4) is 0 Å². The van der Waals surface area contributed by atoms with Crippen LogP contribution in [0.15, 0.2) is 42.5 Å². The van der Waals surface area contributed by atoms with Crippen LogP contribution >= 0.6 is 17.2 Å². The molecule has 2 saturated heterocycles. The van der Waals surface area contributed by atoms with Gasteiger partial charge >= 0.3 is 17.1 Å². The molecule has 2 aromatic rings. The van der Waals surface area contributed by atoms with Gasteiger partial charge in [-0.2, -0.15) is 40.6 Å². The van der Waals surface area contributed by atoms with Gasteiger partial charge in [0.25, 0.3) is 0 Å². The zero-order valence-corrected chi connectivity index (χ0v) is 29.2. The Bertz CT molecular complexity index is 875. The van der Waals surface area contributed by atoms with E-state index in [4.69, 9.17) is 0 Å². The molecule has 2 fully saturated rings. The van der Waals surface area contributed by atoms with Crippen molar-refractivity contribution < 1.29 is 17.1 Å². The van der Waals surface area contributed by atoms with Gasteiger partial charge in [-0.25, -0.2) is 18.2 Å². The van der Waals surface area contributed by atoms with Gasteiger partial charge in [-0.1, -0.05) is 67.3 Å². The molecular weight excluding hydrogens is 546 g/mol. The Kier molecular flexibility index (Phi) is 12.0. The monoisotopic (exact) mass is 600 g/mol. The number of rotatable bonds is 6. The minimum Gasteiger partial charge on any atom is -0.316 e. The summed E-state index contributed by atoms with van der Waals surface area (Å²) in [6, 6.07) is 15.3. The van der Waals surface area contributed by atoms with Crippen molar-refractivity contribution in [3.63, 3.8) is 0 Å². The smallest absolute Gasteiger partial charge is 0.316 e. The van der Waals surface area contributed by atoms with E-state index < -0.39 is 8.07 Å². The van der Waals surface area contributed by atoms with Gasteiger partial charge in [-0.15, -0.1) is 17.2 Å². The van der Waals surface area contributed by atoms with Gasteiger partial charge in [0.05, 0.1) is 8.07 Å². The van der Waals surface area contributed by atoms with E-state index in [0.29, 0.717) is 22.1 Å². The maximum atomic E-state index is 3.70. The third-order valence-corrected chi connectivity index (χ3v) is 15.5. The molecule has 0 radical (unpaired) electrons. The average Bonchev–Trinajstić information content (AvgIpc) is 3.57. The van der Waals surface area contributed by atoms with E-state index in [9.17, 15) is 0 Å². The second-order valence-electron chi connectivity index (χ2n) is 14.1. The predicted molar refractivity (Wildman–Crippen MR) is 171 cm³/mol. The van der Waals surface area contributed by atoms with Crippen molar-refractivity contribution in [1.82, 2.24) is 10.6 Å². The van der Waals surface area contributed by atoms with Crippen LogP contribution in [0.25, 0.3) is 0 Å². The van der Waals surface area contributed by atoms with Crippen molar-refractivity contribution in [3.05, 3.63) is 53.6 Å². The SMILES string of the molecule is CC(C)(C)P(Cc1cc([Si](C)(C)C)[cH-]c1C(P)(C1CCNC1)C1CCNC1)C(C)(C)C.[Fe+2].c1cc[cH-]c1. The maximum Gasteiger partial charge on any atom is 2.00 e. The van der Waals surface area contributed by atoms with Crippen LogP contribution in [-0.4, -0.2) is 44.6 Å². The molecule has 6 heteroatoms. The minimum absolute atomic E-state index is 0. The Hall–Kier alpha value is 0.216. The molecule has 2 aliphatic heterocycles. The summed E-state index contributed by atoms with van der Waals surface area (Å²) in [5.41, 5.74) is 3.38. The standard InChI is InChI=1S/C26H49N2P2Si.C5H5.Fe/c1-24(2,3)30(25(4,5)6)18-19-14-22(31(7,8)9)15-23(19)26(29,20-10-12-27-16-20)21-11-13-28-17-21;1-2-4-5-3-1;/h14-15,20-21,27-28H,10-13,16-18,29H2,1-9H3;1-5H;/q2*-1;+2. The molecule has 0 bridgehead atoms. The molecule has 37 heavy (non-hydrogen) atoms. The zero-order valence-electron chi connectivity index (χ0n) is 25.0. The van der Waals surface area contributed by atoms with Gasteiger partial charge in [0.1, 0.15) is 0 Å². The number of hydrogen-bond donors (Lipinski definition) is 2. The Morgan fingerprint density at radius 3 is 1.73 bits per heavy atom. The summed E-state index contributed by atoms with van der Waals surface area (Å²) in [5.74, 6) is 1.43. The molecule has 2 nitrogen and oxygen atoms in total. The normalized spacial score (nSPS) is 22.4. The molecule has 2 aromatic carbocycles. The molecule has 0 saturated carbocycles. The van der Waals surface area contributed by atoms with Crippen LogP contribution in [-0.2, 0) is 28.4 Å². The molecule has 2 heterocycles. The van der Waals surface area contributed by atoms with Crippen molar-refractivity contribution in [1.29, 1.82) is 0 Å². The van der Waals surface area contributed by atoms with Gasteiger partial charge < -0.3 is 10.6 Å². The van der Waals surface area contributed by atoms with E-state index in [-0.39, 0.29) is 30.1 Å². The summed E-state index contributed by atoms with van der Waals surface area (Å²) < 4.78 is 0. The van der Waals surface area contributed by atoms with Crippen molar-refractivity contribution >= 4 is 30.4 Å². The van der Waals surface area contributed by atoms with Gasteiger partial charge in [-0.3, -0.25) is 0 Å². The van der Waals surface area contributed by atoms with E-state index in [2.05, 4.69) is 93.2 Å².